The third-order valence-corrected chi connectivity index (χ3v) is 4.42. The lowest BCUT2D eigenvalue weighted by atomic mass is 9.86. The van der Waals surface area contributed by atoms with E-state index in [9.17, 15) is 0 Å². The molecule has 0 saturated heterocycles. The Labute approximate surface area is 121 Å². The molecule has 0 aliphatic heterocycles. The van der Waals surface area contributed by atoms with E-state index >= 15 is 0 Å². The van der Waals surface area contributed by atoms with Crippen LogP contribution in [0.5, 0.6) is 11.5 Å². The summed E-state index contributed by atoms with van der Waals surface area (Å²) in [6, 6.07) is 6.09. The Morgan fingerprint density at radius 2 is 1.80 bits per heavy atom. The van der Waals surface area contributed by atoms with Gasteiger partial charge >= 0.3 is 0 Å². The van der Waals surface area contributed by atoms with Crippen molar-refractivity contribution in [3.63, 3.8) is 0 Å². The number of hydrogen-bond donors (Lipinski definition) is 1. The first-order valence-electron chi connectivity index (χ1n) is 7.15. The summed E-state index contributed by atoms with van der Waals surface area (Å²) in [5, 5.41) is 3.42. The molecule has 1 aromatic rings. The van der Waals surface area contributed by atoms with Crippen molar-refractivity contribution in [2.45, 2.75) is 37.3 Å². The second-order valence-corrected chi connectivity index (χ2v) is 5.31. The summed E-state index contributed by atoms with van der Waals surface area (Å²) >= 11 is 0. The highest BCUT2D eigenvalue weighted by Gasteiger charge is 2.42. The molecule has 1 fully saturated rings. The van der Waals surface area contributed by atoms with Gasteiger partial charge in [0, 0.05) is 18.7 Å². The zero-order chi connectivity index (χ0) is 14.6. The van der Waals surface area contributed by atoms with Crippen LogP contribution in [0.15, 0.2) is 18.2 Å². The fourth-order valence-electron chi connectivity index (χ4n) is 3.34. The smallest absolute Gasteiger partial charge is 0.127 e. The Balaban J connectivity index is 2.40. The Morgan fingerprint density at radius 1 is 1.10 bits per heavy atom. The third-order valence-electron chi connectivity index (χ3n) is 4.42. The van der Waals surface area contributed by atoms with Crippen molar-refractivity contribution in [3.05, 3.63) is 23.8 Å². The highest BCUT2D eigenvalue weighted by Crippen LogP contribution is 2.45. The summed E-state index contributed by atoms with van der Waals surface area (Å²) in [6.45, 7) is 0. The molecular formula is C16H25NO3. The SMILES string of the molecule is CNC(c1ccc(OC)cc1OC)C1(OC)CCCC1. The largest absolute Gasteiger partial charge is 0.497 e. The third kappa shape index (κ3) is 2.63. The molecule has 0 aromatic heterocycles. The van der Waals surface area contributed by atoms with E-state index in [4.69, 9.17) is 14.2 Å². The lowest BCUT2D eigenvalue weighted by Gasteiger charge is -2.37. The minimum Gasteiger partial charge on any atom is -0.497 e. The second-order valence-electron chi connectivity index (χ2n) is 5.31. The molecule has 1 aromatic carbocycles. The molecule has 1 aliphatic rings. The summed E-state index contributed by atoms with van der Waals surface area (Å²) in [6.07, 6.45) is 4.57. The van der Waals surface area contributed by atoms with Crippen LogP contribution in [0.25, 0.3) is 0 Å². The van der Waals surface area contributed by atoms with Crippen LogP contribution in [-0.4, -0.2) is 34.0 Å². The molecule has 2 rings (SSSR count). The first kappa shape index (κ1) is 15.1. The van der Waals surface area contributed by atoms with Crippen LogP contribution in [0.2, 0.25) is 0 Å². The number of methoxy groups -OCH3 is 3. The molecule has 1 N–H and O–H groups in total. The fraction of sp³-hybridized carbons (Fsp3) is 0.625. The second kappa shape index (κ2) is 6.46. The number of benzene rings is 1. The molecule has 0 radical (unpaired) electrons. The Kier molecular flexibility index (Phi) is 4.89. The maximum Gasteiger partial charge on any atom is 0.127 e. The first-order valence-corrected chi connectivity index (χ1v) is 7.15. The molecule has 0 bridgehead atoms. The predicted molar refractivity (Wildman–Crippen MR) is 79.6 cm³/mol. The quantitative estimate of drug-likeness (QED) is 0.869. The topological polar surface area (TPSA) is 39.7 Å². The van der Waals surface area contributed by atoms with Gasteiger partial charge in [0.2, 0.25) is 0 Å². The zero-order valence-electron chi connectivity index (χ0n) is 12.9. The standard InChI is InChI=1S/C16H25NO3/c1-17-15(16(20-4)9-5-6-10-16)13-8-7-12(18-2)11-14(13)19-3/h7-8,11,15,17H,5-6,9-10H2,1-4H3. The minimum atomic E-state index is -0.142. The van der Waals surface area contributed by atoms with Crippen molar-refractivity contribution in [2.75, 3.05) is 28.4 Å². The lowest BCUT2D eigenvalue weighted by molar-refractivity contribution is -0.0354. The van der Waals surface area contributed by atoms with E-state index in [1.807, 2.05) is 26.3 Å². The summed E-state index contributed by atoms with van der Waals surface area (Å²) in [7, 11) is 7.15. The number of hydrogen-bond acceptors (Lipinski definition) is 4. The molecule has 0 heterocycles. The average Bonchev–Trinajstić information content (AvgIpc) is 2.98. The van der Waals surface area contributed by atoms with Crippen molar-refractivity contribution < 1.29 is 14.2 Å². The molecule has 1 aliphatic carbocycles. The molecule has 1 saturated carbocycles. The van der Waals surface area contributed by atoms with Gasteiger partial charge in [0.05, 0.1) is 25.9 Å². The first-order chi connectivity index (χ1) is 9.70. The Morgan fingerprint density at radius 3 is 2.30 bits per heavy atom. The molecule has 4 heteroatoms. The number of likely N-dealkylation sites (N-methyl/N-ethyl adjacent to an activating group) is 1. The Bertz CT molecular complexity index is 441. The van der Waals surface area contributed by atoms with E-state index in [1.54, 1.807) is 14.2 Å². The van der Waals surface area contributed by atoms with E-state index in [1.165, 1.54) is 12.8 Å². The van der Waals surface area contributed by atoms with Crippen LogP contribution in [0.4, 0.5) is 0 Å². The molecule has 1 unspecified atom stereocenters. The predicted octanol–water partition coefficient (Wildman–Crippen LogP) is 2.92. The monoisotopic (exact) mass is 279 g/mol. The van der Waals surface area contributed by atoms with Crippen LogP contribution in [0.1, 0.15) is 37.3 Å². The summed E-state index contributed by atoms with van der Waals surface area (Å²) in [4.78, 5) is 0. The Hall–Kier alpha value is -1.26. The van der Waals surface area contributed by atoms with Crippen molar-refractivity contribution >= 4 is 0 Å². The average molecular weight is 279 g/mol. The highest BCUT2D eigenvalue weighted by atomic mass is 16.5. The van der Waals surface area contributed by atoms with Gasteiger partial charge in [-0.15, -0.1) is 0 Å². The van der Waals surface area contributed by atoms with Crippen LogP contribution in [0.3, 0.4) is 0 Å². The van der Waals surface area contributed by atoms with Crippen molar-refractivity contribution in [2.24, 2.45) is 0 Å². The molecule has 0 amide bonds. The van der Waals surface area contributed by atoms with Gasteiger partial charge in [0.25, 0.3) is 0 Å². The number of nitrogens with one attached hydrogen (secondary N) is 1. The molecule has 0 spiro atoms. The highest BCUT2D eigenvalue weighted by molar-refractivity contribution is 5.43. The van der Waals surface area contributed by atoms with Crippen molar-refractivity contribution in [1.29, 1.82) is 0 Å². The van der Waals surface area contributed by atoms with Crippen LogP contribution >= 0.6 is 0 Å². The van der Waals surface area contributed by atoms with E-state index < -0.39 is 0 Å². The van der Waals surface area contributed by atoms with Gasteiger partial charge in [-0.3, -0.25) is 0 Å². The van der Waals surface area contributed by atoms with Gasteiger partial charge < -0.3 is 19.5 Å². The van der Waals surface area contributed by atoms with Gasteiger partial charge in [0.1, 0.15) is 11.5 Å². The molecule has 1 atom stereocenters. The minimum absolute atomic E-state index is 0.121. The van der Waals surface area contributed by atoms with E-state index in [-0.39, 0.29) is 11.6 Å². The van der Waals surface area contributed by atoms with Crippen molar-refractivity contribution in [1.82, 2.24) is 5.32 Å². The van der Waals surface area contributed by atoms with Crippen LogP contribution in [0, 0.1) is 0 Å². The number of rotatable bonds is 6. The zero-order valence-corrected chi connectivity index (χ0v) is 12.9. The lowest BCUT2D eigenvalue weighted by Crippen LogP contribution is -2.42. The fourth-order valence-corrected chi connectivity index (χ4v) is 3.34. The van der Waals surface area contributed by atoms with E-state index in [0.717, 1.165) is 29.9 Å². The normalized spacial score (nSPS) is 18.8. The van der Waals surface area contributed by atoms with Crippen LogP contribution in [-0.2, 0) is 4.74 Å². The van der Waals surface area contributed by atoms with E-state index in [0.29, 0.717) is 0 Å². The van der Waals surface area contributed by atoms with Crippen molar-refractivity contribution in [3.8, 4) is 11.5 Å². The van der Waals surface area contributed by atoms with Gasteiger partial charge in [0.15, 0.2) is 0 Å². The van der Waals surface area contributed by atoms with E-state index in [2.05, 4.69) is 11.4 Å². The molecule has 4 nitrogen and oxygen atoms in total. The molecule has 20 heavy (non-hydrogen) atoms. The van der Waals surface area contributed by atoms with Gasteiger partial charge in [-0.1, -0.05) is 12.8 Å². The molecular weight excluding hydrogens is 254 g/mol. The summed E-state index contributed by atoms with van der Waals surface area (Å²) in [5.41, 5.74) is 0.982. The summed E-state index contributed by atoms with van der Waals surface area (Å²) < 4.78 is 16.7. The van der Waals surface area contributed by atoms with Crippen LogP contribution < -0.4 is 14.8 Å². The maximum absolute atomic E-state index is 5.91. The van der Waals surface area contributed by atoms with Gasteiger partial charge in [-0.05, 0) is 32.0 Å². The maximum atomic E-state index is 5.91. The summed E-state index contributed by atoms with van der Waals surface area (Å²) in [5.74, 6) is 1.64. The molecule has 112 valence electrons. The van der Waals surface area contributed by atoms with Gasteiger partial charge in [-0.2, -0.15) is 0 Å². The number of ether oxygens (including phenoxy) is 3. The van der Waals surface area contributed by atoms with Gasteiger partial charge in [-0.25, -0.2) is 0 Å².